The largest absolute Gasteiger partial charge is 0.462 e. The van der Waals surface area contributed by atoms with Crippen LogP contribution in [0.4, 0.5) is 5.69 Å². The Kier molecular flexibility index (Phi) is 7.55. The lowest BCUT2D eigenvalue weighted by molar-refractivity contribution is 0.0526. The van der Waals surface area contributed by atoms with E-state index in [1.165, 1.54) is 16.5 Å². The lowest BCUT2D eigenvalue weighted by Gasteiger charge is -2.09. The van der Waals surface area contributed by atoms with Gasteiger partial charge in [-0.25, -0.2) is 4.79 Å². The van der Waals surface area contributed by atoms with Crippen LogP contribution in [0, 0.1) is 6.92 Å². The number of nitrogens with one attached hydrogen (secondary N) is 1. The highest BCUT2D eigenvalue weighted by atomic mass is 35.5. The molecule has 0 radical (unpaired) electrons. The fraction of sp³-hybridized carbons (Fsp3) is 0.167. The summed E-state index contributed by atoms with van der Waals surface area (Å²) in [7, 11) is 0. The van der Waals surface area contributed by atoms with Gasteiger partial charge in [0, 0.05) is 16.2 Å². The van der Waals surface area contributed by atoms with E-state index in [0.29, 0.717) is 16.8 Å². The summed E-state index contributed by atoms with van der Waals surface area (Å²) in [6.45, 7) is 4.09. The first-order chi connectivity index (χ1) is 14.5. The summed E-state index contributed by atoms with van der Waals surface area (Å²) in [4.78, 5) is 25.5. The maximum atomic E-state index is 12.5. The molecule has 0 atom stereocenters. The highest BCUT2D eigenvalue weighted by Gasteiger charge is 2.12. The molecule has 3 aromatic carbocycles. The molecule has 3 aromatic rings. The predicted octanol–water partition coefficient (Wildman–Crippen LogP) is 6.37. The van der Waals surface area contributed by atoms with Gasteiger partial charge in [-0.3, -0.25) is 4.79 Å². The van der Waals surface area contributed by atoms with Crippen LogP contribution in [0.3, 0.4) is 0 Å². The van der Waals surface area contributed by atoms with Crippen LogP contribution in [0.15, 0.2) is 71.6 Å². The SMILES string of the molecule is CCOC(=O)c1ccc(NC(=O)c2ccc(CSc3ccc(C)cc3)cc2)c(Cl)c1. The van der Waals surface area contributed by atoms with Crippen LogP contribution in [-0.4, -0.2) is 18.5 Å². The molecule has 6 heteroatoms. The third-order valence-electron chi connectivity index (χ3n) is 4.37. The molecule has 0 unspecified atom stereocenters. The number of halogens is 1. The second-order valence-corrected chi connectivity index (χ2v) is 8.12. The number of carbonyl (C=O) groups excluding carboxylic acids is 2. The molecule has 30 heavy (non-hydrogen) atoms. The smallest absolute Gasteiger partial charge is 0.338 e. The number of carbonyl (C=O) groups is 2. The quantitative estimate of drug-likeness (QED) is 0.343. The van der Waals surface area contributed by atoms with Crippen molar-refractivity contribution in [3.63, 3.8) is 0 Å². The minimum Gasteiger partial charge on any atom is -0.462 e. The summed E-state index contributed by atoms with van der Waals surface area (Å²) in [6, 6.07) is 20.5. The first-order valence-corrected chi connectivity index (χ1v) is 10.9. The molecule has 1 N–H and O–H groups in total. The Morgan fingerprint density at radius 1 is 0.967 bits per heavy atom. The van der Waals surface area contributed by atoms with Crippen LogP contribution in [0.25, 0.3) is 0 Å². The van der Waals surface area contributed by atoms with Crippen LogP contribution in [0.1, 0.15) is 38.8 Å². The summed E-state index contributed by atoms with van der Waals surface area (Å²) >= 11 is 7.97. The molecule has 0 saturated heterocycles. The van der Waals surface area contributed by atoms with Crippen LogP contribution < -0.4 is 5.32 Å². The van der Waals surface area contributed by atoms with Crippen molar-refractivity contribution < 1.29 is 14.3 Å². The van der Waals surface area contributed by atoms with Crippen molar-refractivity contribution >= 4 is 40.9 Å². The first kappa shape index (κ1) is 21.9. The van der Waals surface area contributed by atoms with Gasteiger partial charge in [0.05, 0.1) is 22.9 Å². The van der Waals surface area contributed by atoms with Gasteiger partial charge in [0.25, 0.3) is 5.91 Å². The molecular formula is C24H22ClNO3S. The topological polar surface area (TPSA) is 55.4 Å². The molecule has 0 fully saturated rings. The zero-order valence-electron chi connectivity index (χ0n) is 16.8. The van der Waals surface area contributed by atoms with Crippen LogP contribution in [0.5, 0.6) is 0 Å². The van der Waals surface area contributed by atoms with Gasteiger partial charge in [-0.05, 0) is 61.9 Å². The number of amides is 1. The zero-order valence-corrected chi connectivity index (χ0v) is 18.3. The minimum atomic E-state index is -0.448. The van der Waals surface area contributed by atoms with Crippen LogP contribution in [0.2, 0.25) is 5.02 Å². The predicted molar refractivity (Wildman–Crippen MR) is 123 cm³/mol. The Hall–Kier alpha value is -2.76. The number of anilines is 1. The summed E-state index contributed by atoms with van der Waals surface area (Å²) in [5, 5.41) is 3.06. The van der Waals surface area contributed by atoms with E-state index in [2.05, 4.69) is 36.5 Å². The van der Waals surface area contributed by atoms with Crippen LogP contribution >= 0.6 is 23.4 Å². The molecule has 0 heterocycles. The van der Waals surface area contributed by atoms with E-state index in [1.807, 2.05) is 12.1 Å². The van der Waals surface area contributed by atoms with E-state index < -0.39 is 5.97 Å². The van der Waals surface area contributed by atoms with E-state index in [9.17, 15) is 9.59 Å². The molecule has 0 aliphatic heterocycles. The van der Waals surface area contributed by atoms with Crippen molar-refractivity contribution in [1.82, 2.24) is 0 Å². The summed E-state index contributed by atoms with van der Waals surface area (Å²) in [6.07, 6.45) is 0. The number of aryl methyl sites for hydroxylation is 1. The number of benzene rings is 3. The molecular weight excluding hydrogens is 418 g/mol. The third kappa shape index (κ3) is 5.88. The minimum absolute atomic E-state index is 0.265. The average Bonchev–Trinajstić information content (AvgIpc) is 2.75. The standard InChI is InChI=1S/C24H22ClNO3S/c1-3-29-24(28)19-10-13-22(21(25)14-19)26-23(27)18-8-6-17(7-9-18)15-30-20-11-4-16(2)5-12-20/h4-14H,3,15H2,1-2H3,(H,26,27). The number of ether oxygens (including phenoxy) is 1. The molecule has 0 aliphatic carbocycles. The van der Waals surface area contributed by atoms with Crippen molar-refractivity contribution in [1.29, 1.82) is 0 Å². The number of thioether (sulfide) groups is 1. The monoisotopic (exact) mass is 439 g/mol. The number of hydrogen-bond acceptors (Lipinski definition) is 4. The molecule has 0 saturated carbocycles. The van der Waals surface area contributed by atoms with Crippen LogP contribution in [-0.2, 0) is 10.5 Å². The second kappa shape index (κ2) is 10.3. The van der Waals surface area contributed by atoms with Crippen molar-refractivity contribution in [3.8, 4) is 0 Å². The van der Waals surface area contributed by atoms with E-state index in [1.54, 1.807) is 43.0 Å². The first-order valence-electron chi connectivity index (χ1n) is 9.52. The lowest BCUT2D eigenvalue weighted by Crippen LogP contribution is -2.12. The fourth-order valence-electron chi connectivity index (χ4n) is 2.71. The molecule has 1 amide bonds. The fourth-order valence-corrected chi connectivity index (χ4v) is 3.79. The zero-order chi connectivity index (χ0) is 21.5. The normalized spacial score (nSPS) is 10.5. The Bertz CT molecular complexity index is 1030. The van der Waals surface area contributed by atoms with Gasteiger partial charge < -0.3 is 10.1 Å². The molecule has 3 rings (SSSR count). The van der Waals surface area contributed by atoms with Gasteiger partial charge in [-0.2, -0.15) is 0 Å². The van der Waals surface area contributed by atoms with Crippen molar-refractivity contribution in [2.75, 3.05) is 11.9 Å². The van der Waals surface area contributed by atoms with Crippen molar-refractivity contribution in [2.24, 2.45) is 0 Å². The third-order valence-corrected chi connectivity index (χ3v) is 5.77. The highest BCUT2D eigenvalue weighted by Crippen LogP contribution is 2.25. The van der Waals surface area contributed by atoms with Crippen molar-refractivity contribution in [3.05, 3.63) is 94.0 Å². The number of hydrogen-bond donors (Lipinski definition) is 1. The van der Waals surface area contributed by atoms with Gasteiger partial charge in [-0.1, -0.05) is 41.4 Å². The molecule has 154 valence electrons. The average molecular weight is 440 g/mol. The second-order valence-electron chi connectivity index (χ2n) is 6.67. The maximum Gasteiger partial charge on any atom is 0.338 e. The van der Waals surface area contributed by atoms with Gasteiger partial charge >= 0.3 is 5.97 Å². The molecule has 0 bridgehead atoms. The summed E-state index contributed by atoms with van der Waals surface area (Å²) in [5.74, 6) is 0.112. The van der Waals surface area contributed by atoms with E-state index in [-0.39, 0.29) is 17.5 Å². The summed E-state index contributed by atoms with van der Waals surface area (Å²) < 4.78 is 4.95. The van der Waals surface area contributed by atoms with Gasteiger partial charge in [0.2, 0.25) is 0 Å². The Balaban J connectivity index is 1.60. The molecule has 0 spiro atoms. The Labute approximate surface area is 185 Å². The van der Waals surface area contributed by atoms with Gasteiger partial charge in [-0.15, -0.1) is 11.8 Å². The van der Waals surface area contributed by atoms with E-state index in [0.717, 1.165) is 11.3 Å². The lowest BCUT2D eigenvalue weighted by atomic mass is 10.1. The Morgan fingerprint density at radius 2 is 1.63 bits per heavy atom. The number of esters is 1. The molecule has 0 aliphatic rings. The maximum absolute atomic E-state index is 12.5. The highest BCUT2D eigenvalue weighted by molar-refractivity contribution is 7.98. The molecule has 4 nitrogen and oxygen atoms in total. The van der Waals surface area contributed by atoms with E-state index in [4.69, 9.17) is 16.3 Å². The Morgan fingerprint density at radius 3 is 2.27 bits per heavy atom. The summed E-state index contributed by atoms with van der Waals surface area (Å²) in [5.41, 5.74) is 3.69. The number of rotatable bonds is 7. The van der Waals surface area contributed by atoms with Gasteiger partial charge in [0.1, 0.15) is 0 Å². The van der Waals surface area contributed by atoms with Crippen molar-refractivity contribution in [2.45, 2.75) is 24.5 Å². The molecule has 0 aromatic heterocycles. The van der Waals surface area contributed by atoms with Gasteiger partial charge in [0.15, 0.2) is 0 Å². The van der Waals surface area contributed by atoms with E-state index >= 15 is 0 Å².